The number of carbonyl (C=O) groups is 1. The molecule has 1 amide bonds. The maximum absolute atomic E-state index is 13.6. The zero-order chi connectivity index (χ0) is 24.9. The summed E-state index contributed by atoms with van der Waals surface area (Å²) in [5, 5.41) is 3.40. The minimum Gasteiger partial charge on any atom is -0.325 e. The van der Waals surface area contributed by atoms with E-state index in [4.69, 9.17) is 4.98 Å². The standard InChI is InChI=1S/C29H24N4O2S/c1-20-13-15-23(16-14-20)31-27(34)26(22-9-3-2-4-10-22)36-29-32-25-12-6-5-11-24(25)28(35)33(29)19-21-8-7-17-30-18-21/h2-18,26H,19H2,1H3,(H,31,34). The Hall–Kier alpha value is -4.23. The molecule has 6 nitrogen and oxygen atoms in total. The van der Waals surface area contributed by atoms with E-state index in [9.17, 15) is 9.59 Å². The molecular formula is C29H24N4O2S. The maximum atomic E-state index is 13.6. The summed E-state index contributed by atoms with van der Waals surface area (Å²) in [5.74, 6) is -0.189. The topological polar surface area (TPSA) is 76.9 Å². The number of anilines is 1. The minimum absolute atomic E-state index is 0.155. The average Bonchev–Trinajstić information content (AvgIpc) is 2.91. The smallest absolute Gasteiger partial charge is 0.262 e. The van der Waals surface area contributed by atoms with Crippen molar-refractivity contribution in [1.29, 1.82) is 0 Å². The van der Waals surface area contributed by atoms with Crippen molar-refractivity contribution < 1.29 is 4.79 Å². The lowest BCUT2D eigenvalue weighted by molar-refractivity contribution is -0.115. The molecule has 0 aliphatic rings. The van der Waals surface area contributed by atoms with Crippen LogP contribution < -0.4 is 10.9 Å². The van der Waals surface area contributed by atoms with Gasteiger partial charge < -0.3 is 5.32 Å². The molecule has 0 fully saturated rings. The van der Waals surface area contributed by atoms with E-state index in [1.54, 1.807) is 23.0 Å². The molecule has 36 heavy (non-hydrogen) atoms. The summed E-state index contributed by atoms with van der Waals surface area (Å²) in [6, 6.07) is 28.2. The first-order valence-corrected chi connectivity index (χ1v) is 12.4. The molecule has 7 heteroatoms. The van der Waals surface area contributed by atoms with Gasteiger partial charge >= 0.3 is 0 Å². The lowest BCUT2D eigenvalue weighted by atomic mass is 10.1. The molecule has 0 saturated heterocycles. The van der Waals surface area contributed by atoms with E-state index >= 15 is 0 Å². The van der Waals surface area contributed by atoms with Crippen LogP contribution in [-0.4, -0.2) is 20.4 Å². The monoisotopic (exact) mass is 492 g/mol. The molecule has 0 aliphatic heterocycles. The van der Waals surface area contributed by atoms with E-state index in [0.717, 1.165) is 16.7 Å². The van der Waals surface area contributed by atoms with E-state index < -0.39 is 5.25 Å². The summed E-state index contributed by atoms with van der Waals surface area (Å²) in [5.41, 5.74) is 3.96. The predicted octanol–water partition coefficient (Wildman–Crippen LogP) is 5.62. The lowest BCUT2D eigenvalue weighted by Crippen LogP contribution is -2.26. The van der Waals surface area contributed by atoms with Gasteiger partial charge in [-0.3, -0.25) is 19.1 Å². The summed E-state index contributed by atoms with van der Waals surface area (Å²) in [4.78, 5) is 36.1. The quantitative estimate of drug-likeness (QED) is 0.236. The number of nitrogens with zero attached hydrogens (tertiary/aromatic N) is 3. The van der Waals surface area contributed by atoms with Crippen LogP contribution in [0.3, 0.4) is 0 Å². The molecule has 1 unspecified atom stereocenters. The zero-order valence-corrected chi connectivity index (χ0v) is 20.5. The Morgan fingerprint density at radius 3 is 2.44 bits per heavy atom. The number of pyridine rings is 1. The Kier molecular flexibility index (Phi) is 6.91. The zero-order valence-electron chi connectivity index (χ0n) is 19.7. The fourth-order valence-corrected chi connectivity index (χ4v) is 5.00. The summed E-state index contributed by atoms with van der Waals surface area (Å²) in [6.45, 7) is 2.30. The van der Waals surface area contributed by atoms with Crippen LogP contribution in [0.1, 0.15) is 21.9 Å². The molecule has 5 aromatic rings. The van der Waals surface area contributed by atoms with E-state index in [-0.39, 0.29) is 11.5 Å². The van der Waals surface area contributed by atoms with Crippen molar-refractivity contribution in [2.24, 2.45) is 0 Å². The van der Waals surface area contributed by atoms with Crippen molar-refractivity contribution in [3.63, 3.8) is 0 Å². The number of hydrogen-bond acceptors (Lipinski definition) is 5. The SMILES string of the molecule is Cc1ccc(NC(=O)C(Sc2nc3ccccc3c(=O)n2Cc2cccnc2)c2ccccc2)cc1. The van der Waals surface area contributed by atoms with E-state index in [0.29, 0.717) is 28.3 Å². The average molecular weight is 493 g/mol. The van der Waals surface area contributed by atoms with Crippen molar-refractivity contribution in [2.75, 3.05) is 5.32 Å². The molecule has 2 aromatic heterocycles. The van der Waals surface area contributed by atoms with Crippen LogP contribution in [-0.2, 0) is 11.3 Å². The number of rotatable bonds is 7. The summed E-state index contributed by atoms with van der Waals surface area (Å²) in [7, 11) is 0. The number of carbonyl (C=O) groups excluding carboxylic acids is 1. The molecule has 2 heterocycles. The molecule has 0 radical (unpaired) electrons. The second-order valence-corrected chi connectivity index (χ2v) is 9.50. The van der Waals surface area contributed by atoms with Gasteiger partial charge in [-0.2, -0.15) is 0 Å². The van der Waals surface area contributed by atoms with E-state index in [2.05, 4.69) is 10.3 Å². The first-order chi connectivity index (χ1) is 17.6. The predicted molar refractivity (Wildman–Crippen MR) is 144 cm³/mol. The molecular weight excluding hydrogens is 468 g/mol. The summed E-state index contributed by atoms with van der Waals surface area (Å²) >= 11 is 1.27. The summed E-state index contributed by atoms with van der Waals surface area (Å²) in [6.07, 6.45) is 3.43. The highest BCUT2D eigenvalue weighted by Crippen LogP contribution is 2.35. The van der Waals surface area contributed by atoms with Gasteiger partial charge in [-0.05, 0) is 48.4 Å². The van der Waals surface area contributed by atoms with Gasteiger partial charge in [-0.25, -0.2) is 4.98 Å². The van der Waals surface area contributed by atoms with Crippen LogP contribution in [0.15, 0.2) is 113 Å². The highest BCUT2D eigenvalue weighted by molar-refractivity contribution is 8.00. The third kappa shape index (κ3) is 5.21. The molecule has 3 aromatic carbocycles. The third-order valence-corrected chi connectivity index (χ3v) is 7.02. The Balaban J connectivity index is 1.57. The van der Waals surface area contributed by atoms with E-state index in [1.807, 2.05) is 91.9 Å². The Labute approximate surface area is 213 Å². The van der Waals surface area contributed by atoms with Crippen molar-refractivity contribution >= 4 is 34.3 Å². The van der Waals surface area contributed by atoms with Gasteiger partial charge in [0.2, 0.25) is 5.91 Å². The summed E-state index contributed by atoms with van der Waals surface area (Å²) < 4.78 is 1.62. The van der Waals surface area contributed by atoms with E-state index in [1.165, 1.54) is 11.8 Å². The minimum atomic E-state index is -0.624. The highest BCUT2D eigenvalue weighted by atomic mass is 32.2. The fourth-order valence-electron chi connectivity index (χ4n) is 3.90. The Morgan fingerprint density at radius 2 is 1.69 bits per heavy atom. The maximum Gasteiger partial charge on any atom is 0.262 e. The lowest BCUT2D eigenvalue weighted by Gasteiger charge is -2.19. The van der Waals surface area contributed by atoms with Crippen LogP contribution in [0.2, 0.25) is 0 Å². The van der Waals surface area contributed by atoms with Crippen molar-refractivity contribution in [3.05, 3.63) is 130 Å². The molecule has 0 saturated carbocycles. The number of thioether (sulfide) groups is 1. The molecule has 0 aliphatic carbocycles. The Bertz CT molecular complexity index is 1550. The number of benzene rings is 3. The first-order valence-electron chi connectivity index (χ1n) is 11.6. The van der Waals surface area contributed by atoms with Crippen LogP contribution >= 0.6 is 11.8 Å². The van der Waals surface area contributed by atoms with Gasteiger partial charge in [0.1, 0.15) is 5.25 Å². The number of nitrogens with one attached hydrogen (secondary N) is 1. The first kappa shape index (κ1) is 23.5. The number of aromatic nitrogens is 3. The molecule has 178 valence electrons. The van der Waals surface area contributed by atoms with Crippen LogP contribution in [0.25, 0.3) is 10.9 Å². The number of fused-ring (bicyclic) bond motifs is 1. The van der Waals surface area contributed by atoms with Gasteiger partial charge in [0.25, 0.3) is 5.56 Å². The second-order valence-electron chi connectivity index (χ2n) is 8.43. The van der Waals surface area contributed by atoms with Crippen molar-refractivity contribution in [3.8, 4) is 0 Å². The van der Waals surface area contributed by atoms with Gasteiger partial charge in [0, 0.05) is 18.1 Å². The van der Waals surface area contributed by atoms with Crippen molar-refractivity contribution in [1.82, 2.24) is 14.5 Å². The van der Waals surface area contributed by atoms with Gasteiger partial charge in [-0.15, -0.1) is 0 Å². The highest BCUT2D eigenvalue weighted by Gasteiger charge is 2.25. The molecule has 0 bridgehead atoms. The molecule has 1 atom stereocenters. The molecule has 5 rings (SSSR count). The number of amides is 1. The number of aryl methyl sites for hydroxylation is 1. The van der Waals surface area contributed by atoms with Gasteiger partial charge in [0.05, 0.1) is 17.4 Å². The second kappa shape index (κ2) is 10.6. The van der Waals surface area contributed by atoms with Crippen LogP contribution in [0, 0.1) is 6.92 Å². The number of para-hydroxylation sites is 1. The number of hydrogen-bond donors (Lipinski definition) is 1. The van der Waals surface area contributed by atoms with Gasteiger partial charge in [-0.1, -0.05) is 78.0 Å². The largest absolute Gasteiger partial charge is 0.325 e. The molecule has 1 N–H and O–H groups in total. The van der Waals surface area contributed by atoms with Crippen LogP contribution in [0.5, 0.6) is 0 Å². The Morgan fingerprint density at radius 1 is 0.944 bits per heavy atom. The van der Waals surface area contributed by atoms with Crippen molar-refractivity contribution in [2.45, 2.75) is 23.9 Å². The van der Waals surface area contributed by atoms with Gasteiger partial charge in [0.15, 0.2) is 5.16 Å². The van der Waals surface area contributed by atoms with Crippen LogP contribution in [0.4, 0.5) is 5.69 Å². The molecule has 0 spiro atoms. The fraction of sp³-hybridized carbons (Fsp3) is 0.103. The normalized spacial score (nSPS) is 11.8. The third-order valence-electron chi connectivity index (χ3n) is 5.77.